The summed E-state index contributed by atoms with van der Waals surface area (Å²) in [7, 11) is 2.04. The van der Waals surface area contributed by atoms with Crippen molar-refractivity contribution in [3.63, 3.8) is 0 Å². The maximum absolute atomic E-state index is 9.10. The van der Waals surface area contributed by atoms with Crippen molar-refractivity contribution < 1.29 is 5.11 Å². The van der Waals surface area contributed by atoms with Crippen LogP contribution < -0.4 is 4.90 Å². The fourth-order valence-electron chi connectivity index (χ4n) is 1.51. The average molecular weight is 178 g/mol. The number of hydrogen-bond donors (Lipinski definition) is 1. The van der Waals surface area contributed by atoms with Gasteiger partial charge < -0.3 is 10.0 Å². The summed E-state index contributed by atoms with van der Waals surface area (Å²) in [6, 6.07) is 4.41. The molecule has 0 unspecified atom stereocenters. The molecule has 70 valence electrons. The van der Waals surface area contributed by atoms with Gasteiger partial charge in [-0.1, -0.05) is 6.07 Å². The van der Waals surface area contributed by atoms with Gasteiger partial charge in [0, 0.05) is 24.8 Å². The van der Waals surface area contributed by atoms with Crippen molar-refractivity contribution in [2.45, 2.75) is 25.5 Å². The van der Waals surface area contributed by atoms with Gasteiger partial charge >= 0.3 is 0 Å². The standard InChI is InChI=1S/C10H14N2O/c1-12(9-4-5-9)10-8(7-13)3-2-6-11-10/h2-3,6,9,13H,4-5,7H2,1H3. The molecule has 0 saturated heterocycles. The molecule has 0 spiro atoms. The number of pyridine rings is 1. The third kappa shape index (κ3) is 1.65. The van der Waals surface area contributed by atoms with Crippen molar-refractivity contribution in [3.8, 4) is 0 Å². The first-order chi connectivity index (χ1) is 6.33. The molecule has 1 aliphatic rings. The van der Waals surface area contributed by atoms with Crippen molar-refractivity contribution in [2.75, 3.05) is 11.9 Å². The molecule has 0 aromatic carbocycles. The SMILES string of the molecule is CN(c1ncccc1CO)C1CC1. The van der Waals surface area contributed by atoms with Crippen molar-refractivity contribution in [2.24, 2.45) is 0 Å². The summed E-state index contributed by atoms with van der Waals surface area (Å²) < 4.78 is 0. The maximum Gasteiger partial charge on any atom is 0.134 e. The highest BCUT2D eigenvalue weighted by Gasteiger charge is 2.27. The van der Waals surface area contributed by atoms with E-state index in [0.29, 0.717) is 6.04 Å². The van der Waals surface area contributed by atoms with Gasteiger partial charge in [0.15, 0.2) is 0 Å². The minimum atomic E-state index is 0.0697. The van der Waals surface area contributed by atoms with Crippen LogP contribution in [-0.2, 0) is 6.61 Å². The zero-order chi connectivity index (χ0) is 9.26. The number of aliphatic hydroxyl groups excluding tert-OH is 1. The van der Waals surface area contributed by atoms with Crippen molar-refractivity contribution in [1.29, 1.82) is 0 Å². The molecule has 3 heteroatoms. The van der Waals surface area contributed by atoms with Gasteiger partial charge in [-0.15, -0.1) is 0 Å². The molecule has 1 aromatic rings. The lowest BCUT2D eigenvalue weighted by atomic mass is 10.2. The average Bonchev–Trinajstić information content (AvgIpc) is 3.00. The molecular formula is C10H14N2O. The van der Waals surface area contributed by atoms with E-state index in [4.69, 9.17) is 5.11 Å². The van der Waals surface area contributed by atoms with E-state index >= 15 is 0 Å². The highest BCUT2D eigenvalue weighted by molar-refractivity contribution is 5.47. The first-order valence-electron chi connectivity index (χ1n) is 4.60. The lowest BCUT2D eigenvalue weighted by molar-refractivity contribution is 0.281. The van der Waals surface area contributed by atoms with E-state index in [1.165, 1.54) is 12.8 Å². The number of anilines is 1. The number of hydrogen-bond acceptors (Lipinski definition) is 3. The van der Waals surface area contributed by atoms with Crippen LogP contribution in [0.5, 0.6) is 0 Å². The lowest BCUT2D eigenvalue weighted by Crippen LogP contribution is -2.22. The minimum absolute atomic E-state index is 0.0697. The van der Waals surface area contributed by atoms with Gasteiger partial charge in [-0.2, -0.15) is 0 Å². The Balaban J connectivity index is 2.26. The summed E-state index contributed by atoms with van der Waals surface area (Å²) in [5, 5.41) is 9.10. The zero-order valence-electron chi connectivity index (χ0n) is 7.77. The van der Waals surface area contributed by atoms with E-state index in [1.807, 2.05) is 19.2 Å². The van der Waals surface area contributed by atoms with Gasteiger partial charge in [0.2, 0.25) is 0 Å². The third-order valence-corrected chi connectivity index (χ3v) is 2.47. The van der Waals surface area contributed by atoms with Gasteiger partial charge in [-0.25, -0.2) is 4.98 Å². The predicted octanol–water partition coefficient (Wildman–Crippen LogP) is 1.17. The molecule has 0 bridgehead atoms. The molecule has 3 nitrogen and oxygen atoms in total. The second-order valence-corrected chi connectivity index (χ2v) is 3.49. The van der Waals surface area contributed by atoms with Crippen LogP contribution >= 0.6 is 0 Å². The third-order valence-electron chi connectivity index (χ3n) is 2.47. The molecular weight excluding hydrogens is 164 g/mol. The fraction of sp³-hybridized carbons (Fsp3) is 0.500. The summed E-state index contributed by atoms with van der Waals surface area (Å²) >= 11 is 0. The highest BCUT2D eigenvalue weighted by Crippen LogP contribution is 2.30. The Kier molecular flexibility index (Phi) is 2.19. The maximum atomic E-state index is 9.10. The number of nitrogens with zero attached hydrogens (tertiary/aromatic N) is 2. The summed E-state index contributed by atoms with van der Waals surface area (Å²) in [6.07, 6.45) is 4.27. The Hall–Kier alpha value is -1.09. The van der Waals surface area contributed by atoms with Crippen LogP contribution in [0, 0.1) is 0 Å². The monoisotopic (exact) mass is 178 g/mol. The quantitative estimate of drug-likeness (QED) is 0.754. The Labute approximate surface area is 78.0 Å². The molecule has 0 radical (unpaired) electrons. The highest BCUT2D eigenvalue weighted by atomic mass is 16.3. The molecule has 1 aliphatic carbocycles. The molecule has 0 atom stereocenters. The largest absolute Gasteiger partial charge is 0.392 e. The molecule has 1 N–H and O–H groups in total. The number of rotatable bonds is 3. The molecule has 1 saturated carbocycles. The second-order valence-electron chi connectivity index (χ2n) is 3.49. The molecule has 1 fully saturated rings. The summed E-state index contributed by atoms with van der Waals surface area (Å²) in [4.78, 5) is 6.43. The van der Waals surface area contributed by atoms with Crippen LogP contribution in [0.4, 0.5) is 5.82 Å². The molecule has 2 rings (SSSR count). The number of aliphatic hydroxyl groups is 1. The van der Waals surface area contributed by atoms with Crippen LogP contribution in [0.25, 0.3) is 0 Å². The topological polar surface area (TPSA) is 36.4 Å². The number of aromatic nitrogens is 1. The minimum Gasteiger partial charge on any atom is -0.392 e. The van der Waals surface area contributed by atoms with E-state index in [-0.39, 0.29) is 6.61 Å². The van der Waals surface area contributed by atoms with Gasteiger partial charge in [0.25, 0.3) is 0 Å². The van der Waals surface area contributed by atoms with E-state index in [9.17, 15) is 0 Å². The van der Waals surface area contributed by atoms with Crippen molar-refractivity contribution >= 4 is 5.82 Å². The van der Waals surface area contributed by atoms with Gasteiger partial charge in [0.05, 0.1) is 6.61 Å². The van der Waals surface area contributed by atoms with Gasteiger partial charge in [-0.05, 0) is 18.9 Å². The Bertz CT molecular complexity index is 297. The van der Waals surface area contributed by atoms with Crippen molar-refractivity contribution in [3.05, 3.63) is 23.9 Å². The summed E-state index contributed by atoms with van der Waals surface area (Å²) in [6.45, 7) is 0.0697. The van der Waals surface area contributed by atoms with Crippen LogP contribution in [0.3, 0.4) is 0 Å². The van der Waals surface area contributed by atoms with Crippen LogP contribution in [-0.4, -0.2) is 23.2 Å². The van der Waals surface area contributed by atoms with Gasteiger partial charge in [-0.3, -0.25) is 0 Å². The molecule has 0 aliphatic heterocycles. The van der Waals surface area contributed by atoms with E-state index in [0.717, 1.165) is 11.4 Å². The lowest BCUT2D eigenvalue weighted by Gasteiger charge is -2.19. The summed E-state index contributed by atoms with van der Waals surface area (Å²) in [5.41, 5.74) is 0.914. The normalized spacial score (nSPS) is 15.8. The smallest absolute Gasteiger partial charge is 0.134 e. The first-order valence-corrected chi connectivity index (χ1v) is 4.60. The molecule has 0 amide bonds. The van der Waals surface area contributed by atoms with Crippen LogP contribution in [0.1, 0.15) is 18.4 Å². The van der Waals surface area contributed by atoms with Crippen LogP contribution in [0.2, 0.25) is 0 Å². The van der Waals surface area contributed by atoms with Crippen LogP contribution in [0.15, 0.2) is 18.3 Å². The zero-order valence-corrected chi connectivity index (χ0v) is 7.77. The Morgan fingerprint density at radius 3 is 3.00 bits per heavy atom. The summed E-state index contributed by atoms with van der Waals surface area (Å²) in [5.74, 6) is 0.924. The van der Waals surface area contributed by atoms with E-state index < -0.39 is 0 Å². The van der Waals surface area contributed by atoms with E-state index in [1.54, 1.807) is 6.20 Å². The van der Waals surface area contributed by atoms with E-state index in [2.05, 4.69) is 9.88 Å². The fourth-order valence-corrected chi connectivity index (χ4v) is 1.51. The first kappa shape index (κ1) is 8.51. The molecule has 1 aromatic heterocycles. The van der Waals surface area contributed by atoms with Crippen molar-refractivity contribution in [1.82, 2.24) is 4.98 Å². The molecule has 1 heterocycles. The van der Waals surface area contributed by atoms with Gasteiger partial charge in [0.1, 0.15) is 5.82 Å². The Morgan fingerprint density at radius 2 is 2.38 bits per heavy atom. The predicted molar refractivity (Wildman–Crippen MR) is 51.6 cm³/mol. The molecule has 13 heavy (non-hydrogen) atoms. The second kappa shape index (κ2) is 3.34. The Morgan fingerprint density at radius 1 is 1.62 bits per heavy atom.